The molecule has 12 heteroatoms. The molecule has 50 heavy (non-hydrogen) atoms. The number of likely N-dealkylation sites (tertiary alicyclic amines) is 1. The summed E-state index contributed by atoms with van der Waals surface area (Å²) in [4.78, 5) is 31.9. The van der Waals surface area contributed by atoms with Crippen LogP contribution in [0.3, 0.4) is 0 Å². The number of alkyl halides is 3. The Bertz CT molecular complexity index is 1510. The molecule has 9 nitrogen and oxygen atoms in total. The fourth-order valence-electron chi connectivity index (χ4n) is 5.30. The van der Waals surface area contributed by atoms with E-state index in [1.165, 1.54) is 27.0 Å². The van der Waals surface area contributed by atoms with Gasteiger partial charge in [-0.25, -0.2) is 4.99 Å². The SMILES string of the molecule is CCC\C=C(/N=C\C(=C(/C)Oc1cccc(CC(C)C)c1C(C)=O)C(F)(F)F)Nc1ccc(C(=O)NC2CCN(C)CC2)cc1OC.COC. The molecule has 0 radical (unpaired) electrons. The summed E-state index contributed by atoms with van der Waals surface area (Å²) in [5.74, 6) is -0.170. The second-order valence-electron chi connectivity index (χ2n) is 12.6. The molecule has 1 fully saturated rings. The number of allylic oxidation sites excluding steroid dienone is 3. The van der Waals surface area contributed by atoms with E-state index >= 15 is 0 Å². The third-order valence-electron chi connectivity index (χ3n) is 7.78. The van der Waals surface area contributed by atoms with Crippen LogP contribution in [0, 0.1) is 5.92 Å². The number of rotatable bonds is 14. The number of carbonyl (C=O) groups excluding carboxylic acids is 2. The number of hydrogen-bond acceptors (Lipinski definition) is 8. The number of methoxy groups -OCH3 is 2. The molecule has 1 saturated heterocycles. The van der Waals surface area contributed by atoms with Crippen LogP contribution in [-0.4, -0.2) is 76.5 Å². The van der Waals surface area contributed by atoms with Crippen LogP contribution in [0.15, 0.2) is 64.6 Å². The van der Waals surface area contributed by atoms with E-state index in [1.807, 2.05) is 20.8 Å². The van der Waals surface area contributed by atoms with Crippen molar-refractivity contribution in [1.82, 2.24) is 10.2 Å². The molecule has 2 aromatic rings. The van der Waals surface area contributed by atoms with E-state index in [9.17, 15) is 22.8 Å². The third-order valence-corrected chi connectivity index (χ3v) is 7.78. The summed E-state index contributed by atoms with van der Waals surface area (Å²) in [6.07, 6.45) is 1.19. The molecule has 0 spiro atoms. The molecule has 1 heterocycles. The number of benzene rings is 2. The highest BCUT2D eigenvalue weighted by atomic mass is 19.4. The average molecular weight is 703 g/mol. The lowest BCUT2D eigenvalue weighted by Gasteiger charge is -2.29. The van der Waals surface area contributed by atoms with Gasteiger partial charge in [0.25, 0.3) is 5.91 Å². The molecule has 0 bridgehead atoms. The van der Waals surface area contributed by atoms with Gasteiger partial charge in [-0.1, -0.05) is 39.3 Å². The Morgan fingerprint density at radius 1 is 1.06 bits per heavy atom. The Hall–Kier alpha value is -4.16. The number of unbranched alkanes of at least 4 members (excludes halogenated alkanes) is 1. The maximum absolute atomic E-state index is 14.3. The minimum Gasteiger partial charge on any atom is -0.495 e. The molecule has 3 rings (SSSR count). The zero-order valence-corrected chi connectivity index (χ0v) is 30.8. The van der Waals surface area contributed by atoms with Gasteiger partial charge in [0.05, 0.1) is 18.4 Å². The molecular weight excluding hydrogens is 649 g/mol. The Morgan fingerprint density at radius 3 is 2.28 bits per heavy atom. The number of amides is 1. The Labute approximate surface area is 295 Å². The first kappa shape index (κ1) is 42.0. The predicted molar refractivity (Wildman–Crippen MR) is 193 cm³/mol. The lowest BCUT2D eigenvalue weighted by molar-refractivity contribution is -0.0878. The summed E-state index contributed by atoms with van der Waals surface area (Å²) in [5.41, 5.74) is 0.721. The smallest absolute Gasteiger partial charge is 0.421 e. The van der Waals surface area contributed by atoms with Crippen LogP contribution < -0.4 is 20.1 Å². The molecule has 2 N–H and O–H groups in total. The molecule has 1 aliphatic rings. The third kappa shape index (κ3) is 13.3. The molecule has 1 aliphatic heterocycles. The molecule has 0 atom stereocenters. The van der Waals surface area contributed by atoms with Gasteiger partial charge in [0.15, 0.2) is 5.78 Å². The lowest BCUT2D eigenvalue weighted by Crippen LogP contribution is -2.43. The van der Waals surface area contributed by atoms with Crippen LogP contribution in [0.5, 0.6) is 11.5 Å². The number of ether oxygens (including phenoxy) is 3. The van der Waals surface area contributed by atoms with Crippen LogP contribution in [0.4, 0.5) is 18.9 Å². The maximum atomic E-state index is 14.3. The van der Waals surface area contributed by atoms with Crippen LogP contribution in [0.1, 0.15) is 86.6 Å². The van der Waals surface area contributed by atoms with Crippen LogP contribution in [0.2, 0.25) is 0 Å². The molecule has 2 aromatic carbocycles. The summed E-state index contributed by atoms with van der Waals surface area (Å²) in [6, 6.07) is 9.89. The highest BCUT2D eigenvalue weighted by molar-refractivity contribution is 5.98. The topological polar surface area (TPSA) is 101 Å². The number of carbonyl (C=O) groups is 2. The molecule has 276 valence electrons. The normalized spacial score (nSPS) is 14.9. The number of nitrogens with one attached hydrogen (secondary N) is 2. The van der Waals surface area contributed by atoms with E-state index in [-0.39, 0.29) is 40.8 Å². The first-order chi connectivity index (χ1) is 23.6. The lowest BCUT2D eigenvalue weighted by atomic mass is 9.95. The monoisotopic (exact) mass is 702 g/mol. The summed E-state index contributed by atoms with van der Waals surface area (Å²) >= 11 is 0. The van der Waals surface area contributed by atoms with Crippen LogP contribution in [0.25, 0.3) is 0 Å². The number of Topliss-reactive ketones (excluding diaryl/α,β-unsaturated/α-hetero) is 1. The van der Waals surface area contributed by atoms with Gasteiger partial charge in [0.2, 0.25) is 0 Å². The van der Waals surface area contributed by atoms with E-state index in [1.54, 1.807) is 50.6 Å². The highest BCUT2D eigenvalue weighted by Gasteiger charge is 2.36. The zero-order chi connectivity index (χ0) is 37.4. The number of aliphatic imine (C=N–C) groups is 1. The quantitative estimate of drug-likeness (QED) is 0.116. The largest absolute Gasteiger partial charge is 0.495 e. The van der Waals surface area contributed by atoms with Crippen molar-refractivity contribution in [3.8, 4) is 11.5 Å². The van der Waals surface area contributed by atoms with E-state index in [0.717, 1.165) is 32.4 Å². The number of ketones is 1. The second kappa shape index (κ2) is 20.5. The first-order valence-corrected chi connectivity index (χ1v) is 16.8. The molecule has 0 aromatic heterocycles. The van der Waals surface area contributed by atoms with Crippen molar-refractivity contribution in [2.24, 2.45) is 10.9 Å². The van der Waals surface area contributed by atoms with E-state index < -0.39 is 17.5 Å². The summed E-state index contributed by atoms with van der Waals surface area (Å²) in [7, 11) is 6.75. The van der Waals surface area contributed by atoms with Crippen molar-refractivity contribution in [2.45, 2.75) is 78.9 Å². The van der Waals surface area contributed by atoms with Crippen molar-refractivity contribution >= 4 is 23.6 Å². The van der Waals surface area contributed by atoms with Crippen LogP contribution >= 0.6 is 0 Å². The zero-order valence-electron chi connectivity index (χ0n) is 30.8. The number of halogens is 3. The Morgan fingerprint density at radius 2 is 1.72 bits per heavy atom. The highest BCUT2D eigenvalue weighted by Crippen LogP contribution is 2.32. The second-order valence-corrected chi connectivity index (χ2v) is 12.6. The van der Waals surface area contributed by atoms with Crippen molar-refractivity contribution in [3.05, 3.63) is 76.3 Å². The minimum absolute atomic E-state index is 0.0628. The number of piperidine rings is 1. The molecule has 0 unspecified atom stereocenters. The number of anilines is 1. The van der Waals surface area contributed by atoms with Gasteiger partial charge in [0, 0.05) is 32.0 Å². The number of hydrogen-bond donors (Lipinski definition) is 2. The predicted octanol–water partition coefficient (Wildman–Crippen LogP) is 8.22. The summed E-state index contributed by atoms with van der Waals surface area (Å²) in [5, 5.41) is 6.13. The molecule has 0 aliphatic carbocycles. The fraction of sp³-hybridized carbons (Fsp3) is 0.500. The van der Waals surface area contributed by atoms with Crippen LogP contribution in [-0.2, 0) is 11.2 Å². The van der Waals surface area contributed by atoms with Crippen molar-refractivity contribution in [2.75, 3.05) is 46.8 Å². The maximum Gasteiger partial charge on any atom is 0.421 e. The van der Waals surface area contributed by atoms with E-state index in [4.69, 9.17) is 9.47 Å². The summed E-state index contributed by atoms with van der Waals surface area (Å²) in [6.45, 7) is 10.3. The Balaban J connectivity index is 0.00000278. The molecular formula is C38H53F3N4O5. The van der Waals surface area contributed by atoms with E-state index in [0.29, 0.717) is 41.6 Å². The van der Waals surface area contributed by atoms with Gasteiger partial charge in [-0.2, -0.15) is 13.2 Å². The van der Waals surface area contributed by atoms with Gasteiger partial charge < -0.3 is 29.7 Å². The van der Waals surface area contributed by atoms with Gasteiger partial charge >= 0.3 is 6.18 Å². The van der Waals surface area contributed by atoms with Crippen molar-refractivity contribution < 1.29 is 37.0 Å². The van der Waals surface area contributed by atoms with E-state index in [2.05, 4.69) is 32.3 Å². The molecule has 0 saturated carbocycles. The van der Waals surface area contributed by atoms with Gasteiger partial charge in [-0.15, -0.1) is 0 Å². The molecule has 1 amide bonds. The van der Waals surface area contributed by atoms with Crippen molar-refractivity contribution in [1.29, 1.82) is 0 Å². The summed E-state index contributed by atoms with van der Waals surface area (Å²) < 4.78 is 58.5. The first-order valence-electron chi connectivity index (χ1n) is 16.8. The minimum atomic E-state index is -4.80. The average Bonchev–Trinajstić information content (AvgIpc) is 3.04. The number of nitrogens with zero attached hydrogens (tertiary/aromatic N) is 2. The standard InChI is InChI=1S/C36H47F3N4O4.C2H6O/c1-8-9-13-33(42-30-15-14-27(21-32(30)46-7)35(45)41-28-16-18-43(6)19-17-28)40-22-29(36(37,38)39)25(5)47-31-12-10-11-26(20-23(2)3)34(31)24(4)44;1-3-2/h10-15,21-23,28,42H,8-9,16-20H2,1-7H3,(H,41,45);1-2H3/b29-25-,33-13+,40-22-;. The van der Waals surface area contributed by atoms with Gasteiger partial charge in [0.1, 0.15) is 28.7 Å². The van der Waals surface area contributed by atoms with Gasteiger partial charge in [-0.3, -0.25) is 9.59 Å². The Kier molecular flexibility index (Phi) is 17.2. The fourth-order valence-corrected chi connectivity index (χ4v) is 5.30. The van der Waals surface area contributed by atoms with Crippen molar-refractivity contribution in [3.63, 3.8) is 0 Å². The van der Waals surface area contributed by atoms with Gasteiger partial charge in [-0.05, 0) is 101 Å².